The normalized spacial score (nSPS) is 14.9. The van der Waals surface area contributed by atoms with Crippen molar-refractivity contribution in [3.63, 3.8) is 0 Å². The van der Waals surface area contributed by atoms with Gasteiger partial charge in [0.25, 0.3) is 5.91 Å². The van der Waals surface area contributed by atoms with Gasteiger partial charge in [0.1, 0.15) is 5.76 Å². The van der Waals surface area contributed by atoms with Crippen molar-refractivity contribution in [1.82, 2.24) is 20.2 Å². The topological polar surface area (TPSA) is 74.5 Å². The maximum atomic E-state index is 12.9. The predicted molar refractivity (Wildman–Crippen MR) is 117 cm³/mol. The Balaban J connectivity index is 1.21. The van der Waals surface area contributed by atoms with Gasteiger partial charge in [0.15, 0.2) is 5.76 Å². The predicted octanol–water partition coefficient (Wildman–Crippen LogP) is 3.70. The van der Waals surface area contributed by atoms with Crippen LogP contribution in [0.3, 0.4) is 0 Å². The Kier molecular flexibility index (Phi) is 6.93. The van der Waals surface area contributed by atoms with E-state index in [0.717, 1.165) is 57.2 Å². The quantitative estimate of drug-likeness (QED) is 0.543. The lowest BCUT2D eigenvalue weighted by Gasteiger charge is -2.34. The Morgan fingerprint density at radius 3 is 2.52 bits per heavy atom. The van der Waals surface area contributed by atoms with E-state index >= 15 is 0 Å². The second kappa shape index (κ2) is 10.0. The van der Waals surface area contributed by atoms with Crippen LogP contribution in [-0.2, 0) is 6.18 Å². The molecule has 1 fully saturated rings. The van der Waals surface area contributed by atoms with E-state index in [1.807, 2.05) is 0 Å². The molecule has 1 aliphatic heterocycles. The van der Waals surface area contributed by atoms with Gasteiger partial charge < -0.3 is 14.6 Å². The summed E-state index contributed by atoms with van der Waals surface area (Å²) >= 11 is 0. The molecule has 1 aliphatic rings. The molecule has 0 atom stereocenters. The minimum absolute atomic E-state index is 0.0684. The number of rotatable bonds is 7. The number of hydrogen-bond acceptors (Lipinski definition) is 6. The van der Waals surface area contributed by atoms with Gasteiger partial charge in [0.05, 0.1) is 5.56 Å². The number of aromatic nitrogens is 2. The van der Waals surface area contributed by atoms with Crippen molar-refractivity contribution < 1.29 is 22.4 Å². The third kappa shape index (κ3) is 5.89. The van der Waals surface area contributed by atoms with Gasteiger partial charge in [-0.05, 0) is 43.3 Å². The van der Waals surface area contributed by atoms with Crippen LogP contribution in [0.25, 0.3) is 11.3 Å². The SMILES string of the molecule is O=C(NCCCN1CCN(c2ncccn2)CC1)c1ccc(-c2cccc(C(F)(F)F)c2)o1. The molecule has 7 nitrogen and oxygen atoms in total. The highest BCUT2D eigenvalue weighted by atomic mass is 19.4. The summed E-state index contributed by atoms with van der Waals surface area (Å²) in [5.74, 6) is 0.636. The number of piperazine rings is 1. The fourth-order valence-corrected chi connectivity index (χ4v) is 3.68. The van der Waals surface area contributed by atoms with Crippen LogP contribution in [-0.4, -0.2) is 60.0 Å². The standard InChI is InChI=1S/C23H24F3N5O2/c24-23(25,26)18-5-1-4-17(16-18)19-6-7-20(33-19)21(32)27-10-3-11-30-12-14-31(15-13-30)22-28-8-2-9-29-22/h1-2,4-9,16H,3,10-15H2,(H,27,32). The van der Waals surface area contributed by atoms with Crippen molar-refractivity contribution in [3.05, 3.63) is 66.2 Å². The van der Waals surface area contributed by atoms with E-state index in [1.54, 1.807) is 18.5 Å². The molecule has 4 rings (SSSR count). The zero-order valence-electron chi connectivity index (χ0n) is 17.9. The average Bonchev–Trinajstić information content (AvgIpc) is 3.33. The molecule has 0 unspecified atom stereocenters. The Bertz CT molecular complexity index is 1060. The van der Waals surface area contributed by atoms with Crippen LogP contribution in [0.4, 0.5) is 19.1 Å². The summed E-state index contributed by atoms with van der Waals surface area (Å²) < 4.78 is 44.2. The van der Waals surface area contributed by atoms with Crippen molar-refractivity contribution in [2.75, 3.05) is 44.2 Å². The number of furan rings is 1. The fraction of sp³-hybridized carbons (Fsp3) is 0.348. The fourth-order valence-electron chi connectivity index (χ4n) is 3.68. The summed E-state index contributed by atoms with van der Waals surface area (Å²) in [7, 11) is 0. The number of nitrogens with zero attached hydrogens (tertiary/aromatic N) is 4. The van der Waals surface area contributed by atoms with Crippen molar-refractivity contribution in [1.29, 1.82) is 0 Å². The smallest absolute Gasteiger partial charge is 0.416 e. The summed E-state index contributed by atoms with van der Waals surface area (Å²) in [5, 5.41) is 2.80. The van der Waals surface area contributed by atoms with E-state index in [-0.39, 0.29) is 23.0 Å². The number of carbonyl (C=O) groups is 1. The third-order valence-electron chi connectivity index (χ3n) is 5.45. The maximum Gasteiger partial charge on any atom is 0.416 e. The van der Waals surface area contributed by atoms with E-state index in [9.17, 15) is 18.0 Å². The van der Waals surface area contributed by atoms with Crippen molar-refractivity contribution in [2.45, 2.75) is 12.6 Å². The van der Waals surface area contributed by atoms with Gasteiger partial charge in [-0.1, -0.05) is 12.1 Å². The molecule has 1 saturated heterocycles. The van der Waals surface area contributed by atoms with Crippen molar-refractivity contribution >= 4 is 11.9 Å². The Hall–Kier alpha value is -3.40. The van der Waals surface area contributed by atoms with E-state index in [0.29, 0.717) is 6.54 Å². The van der Waals surface area contributed by atoms with E-state index < -0.39 is 11.7 Å². The monoisotopic (exact) mass is 459 g/mol. The lowest BCUT2D eigenvalue weighted by molar-refractivity contribution is -0.137. The lowest BCUT2D eigenvalue weighted by atomic mass is 10.1. The van der Waals surface area contributed by atoms with Crippen molar-refractivity contribution in [3.8, 4) is 11.3 Å². The van der Waals surface area contributed by atoms with Crippen LogP contribution in [0, 0.1) is 0 Å². The molecule has 1 N–H and O–H groups in total. The van der Waals surface area contributed by atoms with Gasteiger partial charge in [0, 0.05) is 50.7 Å². The molecule has 1 aromatic carbocycles. The van der Waals surface area contributed by atoms with Gasteiger partial charge >= 0.3 is 6.18 Å². The van der Waals surface area contributed by atoms with Crippen LogP contribution in [0.1, 0.15) is 22.5 Å². The summed E-state index contributed by atoms with van der Waals surface area (Å²) in [6, 6.07) is 9.59. The molecule has 3 aromatic rings. The first kappa shape index (κ1) is 22.8. The van der Waals surface area contributed by atoms with Gasteiger partial charge in [-0.15, -0.1) is 0 Å². The van der Waals surface area contributed by atoms with Crippen LogP contribution < -0.4 is 10.2 Å². The van der Waals surface area contributed by atoms with Crippen molar-refractivity contribution in [2.24, 2.45) is 0 Å². The average molecular weight is 459 g/mol. The first-order chi connectivity index (χ1) is 15.9. The summed E-state index contributed by atoms with van der Waals surface area (Å²) in [4.78, 5) is 25.4. The molecule has 10 heteroatoms. The maximum absolute atomic E-state index is 12.9. The second-order valence-electron chi connectivity index (χ2n) is 7.73. The van der Waals surface area contributed by atoms with Crippen LogP contribution in [0.2, 0.25) is 0 Å². The number of halogens is 3. The number of benzene rings is 1. The van der Waals surface area contributed by atoms with E-state index in [4.69, 9.17) is 4.42 Å². The van der Waals surface area contributed by atoms with Crippen LogP contribution in [0.15, 0.2) is 59.3 Å². The molecule has 33 heavy (non-hydrogen) atoms. The summed E-state index contributed by atoms with van der Waals surface area (Å²) in [5.41, 5.74) is -0.497. The molecule has 2 aromatic heterocycles. The molecule has 174 valence electrons. The largest absolute Gasteiger partial charge is 0.451 e. The Labute approximate surface area is 189 Å². The molecule has 1 amide bonds. The number of nitrogens with one attached hydrogen (secondary N) is 1. The molecule has 0 bridgehead atoms. The number of alkyl halides is 3. The molecule has 0 radical (unpaired) electrons. The highest BCUT2D eigenvalue weighted by Crippen LogP contribution is 2.32. The van der Waals surface area contributed by atoms with E-state index in [1.165, 1.54) is 24.3 Å². The minimum Gasteiger partial charge on any atom is -0.451 e. The van der Waals surface area contributed by atoms with E-state index in [2.05, 4.69) is 25.1 Å². The molecular formula is C23H24F3N5O2. The van der Waals surface area contributed by atoms with Gasteiger partial charge in [-0.3, -0.25) is 9.69 Å². The first-order valence-corrected chi connectivity index (χ1v) is 10.7. The van der Waals surface area contributed by atoms with Crippen LogP contribution in [0.5, 0.6) is 0 Å². The van der Waals surface area contributed by atoms with Gasteiger partial charge in [0.2, 0.25) is 5.95 Å². The number of hydrogen-bond donors (Lipinski definition) is 1. The molecule has 0 aliphatic carbocycles. The molecule has 3 heterocycles. The molecule has 0 spiro atoms. The minimum atomic E-state index is -4.44. The zero-order chi connectivity index (χ0) is 23.3. The Morgan fingerprint density at radius 2 is 1.79 bits per heavy atom. The number of amides is 1. The highest BCUT2D eigenvalue weighted by molar-refractivity contribution is 5.92. The van der Waals surface area contributed by atoms with Gasteiger partial charge in [-0.25, -0.2) is 9.97 Å². The third-order valence-corrected chi connectivity index (χ3v) is 5.45. The number of carbonyl (C=O) groups excluding carboxylic acids is 1. The zero-order valence-corrected chi connectivity index (χ0v) is 17.9. The van der Waals surface area contributed by atoms with Gasteiger partial charge in [-0.2, -0.15) is 13.2 Å². The molecular weight excluding hydrogens is 435 g/mol. The first-order valence-electron chi connectivity index (χ1n) is 10.7. The summed E-state index contributed by atoms with van der Waals surface area (Å²) in [6.45, 7) is 4.80. The van der Waals surface area contributed by atoms with Crippen LogP contribution >= 0.6 is 0 Å². The Morgan fingerprint density at radius 1 is 1.03 bits per heavy atom. The molecule has 0 saturated carbocycles. The second-order valence-corrected chi connectivity index (χ2v) is 7.73. The lowest BCUT2D eigenvalue weighted by Crippen LogP contribution is -2.47. The number of anilines is 1. The summed E-state index contributed by atoms with van der Waals surface area (Å²) in [6.07, 6.45) is -0.197. The highest BCUT2D eigenvalue weighted by Gasteiger charge is 2.30.